The summed E-state index contributed by atoms with van der Waals surface area (Å²) >= 11 is 0. The highest BCUT2D eigenvalue weighted by Gasteiger charge is 2.15. The lowest BCUT2D eigenvalue weighted by Crippen LogP contribution is -2.23. The van der Waals surface area contributed by atoms with Crippen molar-refractivity contribution in [1.29, 1.82) is 0 Å². The van der Waals surface area contributed by atoms with E-state index in [4.69, 9.17) is 9.47 Å². The topological polar surface area (TPSA) is 30.5 Å². The molecule has 0 fully saturated rings. The molecule has 0 amide bonds. The smallest absolute Gasteiger partial charge is 0.129 e. The van der Waals surface area contributed by atoms with Crippen molar-refractivity contribution in [3.8, 4) is 11.5 Å². The molecule has 1 unspecified atom stereocenters. The first-order chi connectivity index (χ1) is 10.2. The van der Waals surface area contributed by atoms with Crippen LogP contribution in [0.2, 0.25) is 0 Å². The number of aryl methyl sites for hydroxylation is 1. The van der Waals surface area contributed by atoms with E-state index in [1.54, 1.807) is 26.2 Å². The van der Waals surface area contributed by atoms with E-state index in [0.717, 1.165) is 11.3 Å². The molecule has 2 aromatic carbocycles. The van der Waals surface area contributed by atoms with Gasteiger partial charge in [0.1, 0.15) is 23.9 Å². The summed E-state index contributed by atoms with van der Waals surface area (Å²) in [6.45, 7) is 2.11. The molecular weight excluding hydrogens is 269 g/mol. The number of halogens is 1. The molecule has 0 saturated carbocycles. The Kier molecular flexibility index (Phi) is 5.17. The van der Waals surface area contributed by atoms with Crippen molar-refractivity contribution in [1.82, 2.24) is 5.32 Å². The lowest BCUT2D eigenvalue weighted by Gasteiger charge is -2.20. The summed E-state index contributed by atoms with van der Waals surface area (Å²) in [5.74, 6) is 1.06. The molecule has 0 saturated heterocycles. The minimum atomic E-state index is -0.259. The van der Waals surface area contributed by atoms with Gasteiger partial charge in [-0.05, 0) is 31.7 Å². The summed E-state index contributed by atoms with van der Waals surface area (Å²) in [4.78, 5) is 0. The largest absolute Gasteiger partial charge is 0.496 e. The maximum absolute atomic E-state index is 13.5. The first-order valence-electron chi connectivity index (χ1n) is 6.85. The fourth-order valence-electron chi connectivity index (χ4n) is 2.13. The summed E-state index contributed by atoms with van der Waals surface area (Å²) in [7, 11) is 3.50. The number of nitrogens with one attached hydrogen (secondary N) is 1. The number of para-hydroxylation sites is 1. The van der Waals surface area contributed by atoms with Crippen molar-refractivity contribution in [2.45, 2.75) is 13.0 Å². The molecule has 2 aromatic rings. The maximum Gasteiger partial charge on any atom is 0.129 e. The third kappa shape index (κ3) is 3.73. The minimum absolute atomic E-state index is 0.0366. The summed E-state index contributed by atoms with van der Waals surface area (Å²) < 4.78 is 24.6. The zero-order valence-corrected chi connectivity index (χ0v) is 12.5. The molecule has 0 bridgehead atoms. The Bertz CT molecular complexity index is 601. The van der Waals surface area contributed by atoms with Gasteiger partial charge in [0.2, 0.25) is 0 Å². The van der Waals surface area contributed by atoms with E-state index < -0.39 is 0 Å². The summed E-state index contributed by atoms with van der Waals surface area (Å²) in [5, 5.41) is 3.19. The Hall–Kier alpha value is -2.07. The van der Waals surface area contributed by atoms with Crippen LogP contribution in [0.1, 0.15) is 17.2 Å². The van der Waals surface area contributed by atoms with E-state index in [1.807, 2.05) is 31.3 Å². The second-order valence-electron chi connectivity index (χ2n) is 4.81. The van der Waals surface area contributed by atoms with E-state index in [9.17, 15) is 4.39 Å². The number of methoxy groups -OCH3 is 1. The highest BCUT2D eigenvalue weighted by molar-refractivity contribution is 5.36. The molecule has 0 aliphatic carbocycles. The van der Waals surface area contributed by atoms with Gasteiger partial charge in [-0.1, -0.05) is 24.3 Å². The van der Waals surface area contributed by atoms with Crippen molar-refractivity contribution >= 4 is 0 Å². The molecular formula is C17H20FNO2. The van der Waals surface area contributed by atoms with Gasteiger partial charge in [-0.25, -0.2) is 4.39 Å². The second-order valence-corrected chi connectivity index (χ2v) is 4.81. The van der Waals surface area contributed by atoms with E-state index >= 15 is 0 Å². The van der Waals surface area contributed by atoms with Gasteiger partial charge in [0, 0.05) is 11.6 Å². The lowest BCUT2D eigenvalue weighted by atomic mass is 10.1. The molecule has 0 heterocycles. The average molecular weight is 289 g/mol. The second kappa shape index (κ2) is 7.09. The van der Waals surface area contributed by atoms with Crippen LogP contribution < -0.4 is 14.8 Å². The SMILES string of the molecule is CNC(COc1ccc(C)c(F)c1)c1ccccc1OC. The van der Waals surface area contributed by atoms with Gasteiger partial charge in [0.25, 0.3) is 0 Å². The quantitative estimate of drug-likeness (QED) is 0.883. The van der Waals surface area contributed by atoms with E-state index in [0.29, 0.717) is 17.9 Å². The van der Waals surface area contributed by atoms with Gasteiger partial charge in [-0.2, -0.15) is 0 Å². The monoisotopic (exact) mass is 289 g/mol. The number of benzene rings is 2. The average Bonchev–Trinajstić information content (AvgIpc) is 2.51. The predicted molar refractivity (Wildman–Crippen MR) is 81.4 cm³/mol. The fourth-order valence-corrected chi connectivity index (χ4v) is 2.13. The van der Waals surface area contributed by atoms with Crippen LogP contribution >= 0.6 is 0 Å². The van der Waals surface area contributed by atoms with Gasteiger partial charge in [-0.3, -0.25) is 0 Å². The highest BCUT2D eigenvalue weighted by Crippen LogP contribution is 2.25. The Morgan fingerprint density at radius 1 is 1.19 bits per heavy atom. The van der Waals surface area contributed by atoms with Crippen LogP contribution in [0, 0.1) is 12.7 Å². The molecule has 2 rings (SSSR count). The number of likely N-dealkylation sites (N-methyl/N-ethyl adjacent to an activating group) is 1. The molecule has 1 N–H and O–H groups in total. The van der Waals surface area contributed by atoms with E-state index in [-0.39, 0.29) is 11.9 Å². The van der Waals surface area contributed by atoms with Crippen LogP contribution in [0.15, 0.2) is 42.5 Å². The van der Waals surface area contributed by atoms with Crippen molar-refractivity contribution in [3.63, 3.8) is 0 Å². The lowest BCUT2D eigenvalue weighted by molar-refractivity contribution is 0.268. The standard InChI is InChI=1S/C17H20FNO2/c1-12-8-9-13(10-15(12)18)21-11-16(19-2)14-6-4-5-7-17(14)20-3/h4-10,16,19H,11H2,1-3H3. The first kappa shape index (κ1) is 15.3. The third-order valence-electron chi connectivity index (χ3n) is 3.42. The van der Waals surface area contributed by atoms with Crippen molar-refractivity contribution in [2.75, 3.05) is 20.8 Å². The third-order valence-corrected chi connectivity index (χ3v) is 3.42. The van der Waals surface area contributed by atoms with Crippen LogP contribution in [0.4, 0.5) is 4.39 Å². The van der Waals surface area contributed by atoms with Crippen molar-refractivity contribution in [3.05, 3.63) is 59.4 Å². The van der Waals surface area contributed by atoms with Crippen LogP contribution in [-0.2, 0) is 0 Å². The number of hydrogen-bond acceptors (Lipinski definition) is 3. The van der Waals surface area contributed by atoms with Gasteiger partial charge in [-0.15, -0.1) is 0 Å². The highest BCUT2D eigenvalue weighted by atomic mass is 19.1. The van der Waals surface area contributed by atoms with Gasteiger partial charge in [0.05, 0.1) is 13.2 Å². The van der Waals surface area contributed by atoms with Gasteiger partial charge < -0.3 is 14.8 Å². The maximum atomic E-state index is 13.5. The van der Waals surface area contributed by atoms with Crippen LogP contribution in [-0.4, -0.2) is 20.8 Å². The molecule has 3 nitrogen and oxygen atoms in total. The van der Waals surface area contributed by atoms with E-state index in [2.05, 4.69) is 5.32 Å². The zero-order valence-electron chi connectivity index (χ0n) is 12.5. The van der Waals surface area contributed by atoms with Gasteiger partial charge >= 0.3 is 0 Å². The molecule has 0 spiro atoms. The molecule has 0 aliphatic heterocycles. The summed E-state index contributed by atoms with van der Waals surface area (Å²) in [6.07, 6.45) is 0. The molecule has 1 atom stereocenters. The van der Waals surface area contributed by atoms with Crippen molar-refractivity contribution in [2.24, 2.45) is 0 Å². The van der Waals surface area contributed by atoms with Crippen molar-refractivity contribution < 1.29 is 13.9 Å². The number of hydrogen-bond donors (Lipinski definition) is 1. The Morgan fingerprint density at radius 2 is 1.95 bits per heavy atom. The summed E-state index contributed by atoms with van der Waals surface area (Å²) in [5.41, 5.74) is 1.62. The van der Waals surface area contributed by atoms with E-state index in [1.165, 1.54) is 6.07 Å². The van der Waals surface area contributed by atoms with Crippen LogP contribution in [0.5, 0.6) is 11.5 Å². The molecule has 21 heavy (non-hydrogen) atoms. The molecule has 4 heteroatoms. The Balaban J connectivity index is 2.10. The zero-order chi connectivity index (χ0) is 15.2. The Morgan fingerprint density at radius 3 is 2.62 bits per heavy atom. The van der Waals surface area contributed by atoms with Crippen LogP contribution in [0.25, 0.3) is 0 Å². The first-order valence-corrected chi connectivity index (χ1v) is 6.85. The number of ether oxygens (including phenoxy) is 2. The van der Waals surface area contributed by atoms with Crippen LogP contribution in [0.3, 0.4) is 0 Å². The number of rotatable bonds is 6. The Labute approximate surface area is 124 Å². The molecule has 0 radical (unpaired) electrons. The molecule has 0 aromatic heterocycles. The minimum Gasteiger partial charge on any atom is -0.496 e. The fraction of sp³-hybridized carbons (Fsp3) is 0.294. The molecule has 0 aliphatic rings. The normalized spacial score (nSPS) is 12.0. The summed E-state index contributed by atoms with van der Waals surface area (Å²) in [6, 6.07) is 12.6. The predicted octanol–water partition coefficient (Wildman–Crippen LogP) is 3.48. The van der Waals surface area contributed by atoms with Gasteiger partial charge in [0.15, 0.2) is 0 Å². The molecule has 112 valence electrons.